The Labute approximate surface area is 176 Å². The van der Waals surface area contributed by atoms with Crippen LogP contribution in [0.3, 0.4) is 0 Å². The highest BCUT2D eigenvalue weighted by Gasteiger charge is 2.05. The summed E-state index contributed by atoms with van der Waals surface area (Å²) in [5.74, 6) is 0.509. The molecule has 144 valence electrons. The van der Waals surface area contributed by atoms with Gasteiger partial charge in [0.15, 0.2) is 5.11 Å². The van der Waals surface area contributed by atoms with Gasteiger partial charge in [0.2, 0.25) is 0 Å². The van der Waals surface area contributed by atoms with E-state index in [0.717, 1.165) is 11.3 Å². The molecule has 0 aliphatic rings. The van der Waals surface area contributed by atoms with Crippen LogP contribution in [0.1, 0.15) is 30.9 Å². The van der Waals surface area contributed by atoms with Crippen molar-refractivity contribution in [1.82, 2.24) is 5.43 Å². The van der Waals surface area contributed by atoms with Crippen molar-refractivity contribution in [3.63, 3.8) is 0 Å². The summed E-state index contributed by atoms with van der Waals surface area (Å²) in [7, 11) is 0. The second-order valence-electron chi connectivity index (χ2n) is 7.33. The molecule has 0 unspecified atom stereocenters. The van der Waals surface area contributed by atoms with E-state index < -0.39 is 0 Å². The summed E-state index contributed by atoms with van der Waals surface area (Å²) in [4.78, 5) is 0. The molecule has 0 atom stereocenters. The lowest BCUT2D eigenvalue weighted by Crippen LogP contribution is -2.23. The van der Waals surface area contributed by atoms with Crippen LogP contribution in [0.5, 0.6) is 0 Å². The van der Waals surface area contributed by atoms with Crippen molar-refractivity contribution in [2.75, 3.05) is 5.32 Å². The van der Waals surface area contributed by atoms with Crippen molar-refractivity contribution >= 4 is 50.8 Å². The fourth-order valence-electron chi connectivity index (χ4n) is 3.45. The van der Waals surface area contributed by atoms with Gasteiger partial charge in [-0.1, -0.05) is 74.5 Å². The highest BCUT2D eigenvalue weighted by atomic mass is 32.1. The number of hydrazone groups is 1. The molecule has 0 heterocycles. The van der Waals surface area contributed by atoms with Crippen LogP contribution in [0.15, 0.2) is 84.0 Å². The molecule has 0 aliphatic heterocycles. The molecular formula is C25H23N3S. The van der Waals surface area contributed by atoms with Crippen LogP contribution in [0.25, 0.3) is 21.5 Å². The molecule has 2 N–H and O–H groups in total. The molecule has 0 spiro atoms. The minimum Gasteiger partial charge on any atom is -0.331 e. The van der Waals surface area contributed by atoms with Crippen molar-refractivity contribution in [3.05, 3.63) is 90.0 Å². The zero-order chi connectivity index (χ0) is 20.2. The van der Waals surface area contributed by atoms with Crippen molar-refractivity contribution < 1.29 is 0 Å². The lowest BCUT2D eigenvalue weighted by molar-refractivity contribution is 0.867. The van der Waals surface area contributed by atoms with Crippen LogP contribution in [-0.2, 0) is 0 Å². The number of benzene rings is 4. The van der Waals surface area contributed by atoms with Crippen LogP contribution in [0.2, 0.25) is 0 Å². The first-order chi connectivity index (χ1) is 14.1. The van der Waals surface area contributed by atoms with E-state index in [1.807, 2.05) is 18.3 Å². The number of hydrogen-bond acceptors (Lipinski definition) is 2. The van der Waals surface area contributed by atoms with Gasteiger partial charge in [-0.3, -0.25) is 5.43 Å². The zero-order valence-electron chi connectivity index (χ0n) is 16.5. The number of nitrogens with zero attached hydrogens (tertiary/aromatic N) is 1. The third-order valence-corrected chi connectivity index (χ3v) is 5.20. The van der Waals surface area contributed by atoms with E-state index in [2.05, 4.69) is 96.4 Å². The minimum atomic E-state index is 0.461. The second kappa shape index (κ2) is 8.41. The second-order valence-corrected chi connectivity index (χ2v) is 7.74. The van der Waals surface area contributed by atoms with Gasteiger partial charge in [-0.15, -0.1) is 0 Å². The quantitative estimate of drug-likeness (QED) is 0.180. The van der Waals surface area contributed by atoms with Crippen molar-refractivity contribution in [3.8, 4) is 0 Å². The fraction of sp³-hybridized carbons (Fsp3) is 0.120. The van der Waals surface area contributed by atoms with Gasteiger partial charge >= 0.3 is 0 Å². The first kappa shape index (κ1) is 19.1. The average molecular weight is 398 g/mol. The summed E-state index contributed by atoms with van der Waals surface area (Å²) in [5.41, 5.74) is 6.26. The van der Waals surface area contributed by atoms with E-state index >= 15 is 0 Å². The summed E-state index contributed by atoms with van der Waals surface area (Å²) >= 11 is 5.39. The van der Waals surface area contributed by atoms with E-state index in [1.54, 1.807) is 0 Å². The van der Waals surface area contributed by atoms with Crippen molar-refractivity contribution in [2.24, 2.45) is 5.10 Å². The first-order valence-corrected chi connectivity index (χ1v) is 10.1. The topological polar surface area (TPSA) is 36.4 Å². The Morgan fingerprint density at radius 1 is 0.862 bits per heavy atom. The summed E-state index contributed by atoms with van der Waals surface area (Å²) in [6.07, 6.45) is 1.85. The Kier molecular flexibility index (Phi) is 5.54. The van der Waals surface area contributed by atoms with Crippen molar-refractivity contribution in [1.29, 1.82) is 0 Å². The Morgan fingerprint density at radius 2 is 1.45 bits per heavy atom. The predicted molar refractivity (Wildman–Crippen MR) is 129 cm³/mol. The third-order valence-electron chi connectivity index (χ3n) is 5.01. The van der Waals surface area contributed by atoms with Gasteiger partial charge in [0.25, 0.3) is 0 Å². The maximum atomic E-state index is 5.39. The monoisotopic (exact) mass is 397 g/mol. The van der Waals surface area contributed by atoms with Gasteiger partial charge < -0.3 is 5.32 Å². The summed E-state index contributed by atoms with van der Waals surface area (Å²) in [6.45, 7) is 4.36. The van der Waals surface area contributed by atoms with Crippen LogP contribution >= 0.6 is 12.2 Å². The number of thiocarbonyl (C=S) groups is 1. The molecule has 29 heavy (non-hydrogen) atoms. The molecule has 4 rings (SSSR count). The molecule has 0 aliphatic carbocycles. The molecule has 3 nitrogen and oxygen atoms in total. The largest absolute Gasteiger partial charge is 0.331 e. The molecule has 0 aromatic heterocycles. The molecule has 0 saturated heterocycles. The van der Waals surface area contributed by atoms with Crippen LogP contribution in [-0.4, -0.2) is 11.3 Å². The standard InChI is InChI=1S/C25H23N3S/c1-17(2)18-11-13-21(14-12-18)27-25(29)28-26-16-24-22-9-5-3-7-19(22)15-20-8-4-6-10-23(20)24/h3-17H,1-2H3,(H2,27,28,29)/b26-16+. The first-order valence-electron chi connectivity index (χ1n) is 9.72. The van der Waals surface area contributed by atoms with E-state index in [4.69, 9.17) is 12.2 Å². The lowest BCUT2D eigenvalue weighted by atomic mass is 9.97. The zero-order valence-corrected chi connectivity index (χ0v) is 17.3. The normalized spacial score (nSPS) is 11.4. The Bertz CT molecular complexity index is 1140. The molecule has 0 bridgehead atoms. The van der Waals surface area contributed by atoms with E-state index in [0.29, 0.717) is 11.0 Å². The van der Waals surface area contributed by atoms with Gasteiger partial charge in [-0.05, 0) is 63.4 Å². The maximum absolute atomic E-state index is 5.39. The summed E-state index contributed by atoms with van der Waals surface area (Å²) in [5, 5.41) is 12.8. The van der Waals surface area contributed by atoms with Gasteiger partial charge in [-0.25, -0.2) is 0 Å². The Hall–Kier alpha value is -3.24. The number of anilines is 1. The summed E-state index contributed by atoms with van der Waals surface area (Å²) in [6, 6.07) is 27.2. The van der Waals surface area contributed by atoms with Gasteiger partial charge in [0.05, 0.1) is 6.21 Å². The number of nitrogens with one attached hydrogen (secondary N) is 2. The fourth-order valence-corrected chi connectivity index (χ4v) is 3.62. The number of hydrogen-bond donors (Lipinski definition) is 2. The molecular weight excluding hydrogens is 374 g/mol. The lowest BCUT2D eigenvalue weighted by Gasteiger charge is -2.10. The maximum Gasteiger partial charge on any atom is 0.191 e. The van der Waals surface area contributed by atoms with Gasteiger partial charge in [0.1, 0.15) is 0 Å². The van der Waals surface area contributed by atoms with Crippen LogP contribution < -0.4 is 10.7 Å². The highest BCUT2D eigenvalue weighted by molar-refractivity contribution is 7.80. The van der Waals surface area contributed by atoms with Crippen LogP contribution in [0, 0.1) is 0 Å². The molecule has 0 amide bonds. The van der Waals surface area contributed by atoms with Crippen molar-refractivity contribution in [2.45, 2.75) is 19.8 Å². The number of rotatable bonds is 4. The summed E-state index contributed by atoms with van der Waals surface area (Å²) < 4.78 is 0. The Balaban J connectivity index is 1.54. The molecule has 4 heteroatoms. The molecule has 0 saturated carbocycles. The smallest absolute Gasteiger partial charge is 0.191 e. The van der Waals surface area contributed by atoms with E-state index in [9.17, 15) is 0 Å². The molecule has 0 fully saturated rings. The molecule has 4 aromatic carbocycles. The molecule has 0 radical (unpaired) electrons. The highest BCUT2D eigenvalue weighted by Crippen LogP contribution is 2.27. The van der Waals surface area contributed by atoms with Gasteiger partial charge in [-0.2, -0.15) is 5.10 Å². The van der Waals surface area contributed by atoms with E-state index in [-0.39, 0.29) is 0 Å². The number of fused-ring (bicyclic) bond motifs is 2. The molecule has 4 aromatic rings. The average Bonchev–Trinajstić information content (AvgIpc) is 2.73. The third kappa shape index (κ3) is 4.28. The van der Waals surface area contributed by atoms with Gasteiger partial charge in [0, 0.05) is 11.3 Å². The van der Waals surface area contributed by atoms with E-state index in [1.165, 1.54) is 27.1 Å². The minimum absolute atomic E-state index is 0.461. The predicted octanol–water partition coefficient (Wildman–Crippen LogP) is 6.44. The SMILES string of the molecule is CC(C)c1ccc(NC(=S)N/N=C/c2c3ccccc3cc3ccccc23)cc1. The van der Waals surface area contributed by atoms with Crippen LogP contribution in [0.4, 0.5) is 5.69 Å². The Morgan fingerprint density at radius 3 is 2.03 bits per heavy atom.